The van der Waals surface area contributed by atoms with Crippen LogP contribution in [0.2, 0.25) is 0 Å². The van der Waals surface area contributed by atoms with Crippen LogP contribution in [0.1, 0.15) is 23.3 Å². The summed E-state index contributed by atoms with van der Waals surface area (Å²) in [5.41, 5.74) is 11.9. The number of Topliss-reactive ketones (excluding diaryl/α,β-unsaturated/α-hetero) is 1. The van der Waals surface area contributed by atoms with Crippen molar-refractivity contribution >= 4 is 56.7 Å². The van der Waals surface area contributed by atoms with Gasteiger partial charge in [-0.3, -0.25) is 4.79 Å². The highest BCUT2D eigenvalue weighted by Gasteiger charge is 2.15. The molecule has 0 bridgehead atoms. The Bertz CT molecular complexity index is 1940. The number of nitrogens with two attached hydrogens (primary N) is 1. The molecule has 196 valence electrons. The number of aromatic amines is 1. The molecule has 3 N–H and O–H groups in total. The number of methoxy groups -OCH3 is 2. The van der Waals surface area contributed by atoms with Crippen molar-refractivity contribution in [2.45, 2.75) is 19.4 Å². The van der Waals surface area contributed by atoms with Crippen molar-refractivity contribution in [2.75, 3.05) is 20.0 Å². The van der Waals surface area contributed by atoms with E-state index < -0.39 is 0 Å². The summed E-state index contributed by atoms with van der Waals surface area (Å²) < 4.78 is 17.6. The summed E-state index contributed by atoms with van der Waals surface area (Å²) in [5, 5.41) is 9.42. The number of ether oxygens (including phenoxy) is 2. The maximum atomic E-state index is 13.0. The Labute approximate surface area is 227 Å². The predicted octanol–water partition coefficient (Wildman–Crippen LogP) is 5.71. The highest BCUT2D eigenvalue weighted by atomic mass is 32.1. The molecule has 0 spiro atoms. The number of hydrogen-bond acceptors (Lipinski definition) is 9. The van der Waals surface area contributed by atoms with Gasteiger partial charge < -0.3 is 24.8 Å². The lowest BCUT2D eigenvalue weighted by Gasteiger charge is -2.15. The number of hydrogen-bond donors (Lipinski definition) is 2. The number of carbonyl (C=O) groups is 1. The van der Waals surface area contributed by atoms with Crippen LogP contribution in [-0.2, 0) is 6.54 Å². The number of carbonyl (C=O) groups excluding carboxylic acids is 1. The summed E-state index contributed by atoms with van der Waals surface area (Å²) in [6.07, 6.45) is 0.866. The first-order valence-electron chi connectivity index (χ1n) is 12.3. The summed E-state index contributed by atoms with van der Waals surface area (Å²) in [6.45, 7) is 0.456. The number of nitrogens with one attached hydrogen (secondary N) is 1. The number of aromatic nitrogens is 5. The number of ketones is 1. The molecule has 0 radical (unpaired) electrons. The molecule has 0 unspecified atom stereocenters. The molecule has 6 rings (SSSR count). The number of fused-ring (bicyclic) bond motifs is 3. The second-order valence-corrected chi connectivity index (χ2v) is 9.50. The monoisotopic (exact) mass is 540 g/mol. The average molecular weight is 541 g/mol. The SMILES string of the molecule is COc1cc2nc(=S)n(CCCC(=O)c3cc4cc(-c5ccc6nonc6c5)ccc4[nH]3)c(N)c2cc1OC. The first kappa shape index (κ1) is 24.6. The Morgan fingerprint density at radius 3 is 2.54 bits per heavy atom. The zero-order chi connectivity index (χ0) is 27.1. The van der Waals surface area contributed by atoms with Crippen LogP contribution in [-0.4, -0.2) is 44.9 Å². The molecule has 0 aliphatic carbocycles. The van der Waals surface area contributed by atoms with Gasteiger partial charge in [-0.15, -0.1) is 0 Å². The van der Waals surface area contributed by atoms with E-state index in [4.69, 9.17) is 32.1 Å². The molecular weight excluding hydrogens is 516 g/mol. The van der Waals surface area contributed by atoms with Crippen molar-refractivity contribution in [3.63, 3.8) is 0 Å². The summed E-state index contributed by atoms with van der Waals surface area (Å²) in [6, 6.07) is 17.2. The molecule has 0 saturated heterocycles. The van der Waals surface area contributed by atoms with Gasteiger partial charge in [0, 0.05) is 35.3 Å². The predicted molar refractivity (Wildman–Crippen MR) is 151 cm³/mol. The molecule has 0 atom stereocenters. The summed E-state index contributed by atoms with van der Waals surface area (Å²) in [5.74, 6) is 1.58. The van der Waals surface area contributed by atoms with Crippen LogP contribution in [0.5, 0.6) is 11.5 Å². The third-order valence-corrected chi connectivity index (χ3v) is 7.12. The fourth-order valence-electron chi connectivity index (χ4n) is 4.75. The molecule has 3 aromatic carbocycles. The van der Waals surface area contributed by atoms with Crippen molar-refractivity contribution in [1.29, 1.82) is 0 Å². The van der Waals surface area contributed by atoms with Crippen molar-refractivity contribution in [1.82, 2.24) is 24.8 Å². The van der Waals surface area contributed by atoms with E-state index in [0.29, 0.717) is 69.1 Å². The summed E-state index contributed by atoms with van der Waals surface area (Å²) in [7, 11) is 3.12. The molecule has 3 heterocycles. The minimum atomic E-state index is 0.00749. The van der Waals surface area contributed by atoms with Crippen molar-refractivity contribution in [3.05, 3.63) is 65.1 Å². The van der Waals surface area contributed by atoms with Crippen LogP contribution in [0.15, 0.2) is 59.2 Å². The fraction of sp³-hybridized carbons (Fsp3) is 0.179. The minimum absolute atomic E-state index is 0.00749. The van der Waals surface area contributed by atoms with Gasteiger partial charge in [-0.25, -0.2) is 9.61 Å². The lowest BCUT2D eigenvalue weighted by Crippen LogP contribution is -2.11. The second kappa shape index (κ2) is 9.84. The van der Waals surface area contributed by atoms with Gasteiger partial charge in [0.05, 0.1) is 25.4 Å². The number of H-pyrrole nitrogens is 1. The minimum Gasteiger partial charge on any atom is -0.493 e. The van der Waals surface area contributed by atoms with Crippen molar-refractivity contribution < 1.29 is 18.9 Å². The van der Waals surface area contributed by atoms with Crippen LogP contribution in [0, 0.1) is 4.77 Å². The molecule has 0 fully saturated rings. The first-order valence-corrected chi connectivity index (χ1v) is 12.7. The van der Waals surface area contributed by atoms with E-state index >= 15 is 0 Å². The van der Waals surface area contributed by atoms with Gasteiger partial charge in [0.1, 0.15) is 16.9 Å². The molecule has 3 aromatic heterocycles. The summed E-state index contributed by atoms with van der Waals surface area (Å²) >= 11 is 5.49. The van der Waals surface area contributed by atoms with Gasteiger partial charge in [0.25, 0.3) is 0 Å². The van der Waals surface area contributed by atoms with Gasteiger partial charge in [-0.2, -0.15) is 0 Å². The molecule has 39 heavy (non-hydrogen) atoms. The Morgan fingerprint density at radius 2 is 1.72 bits per heavy atom. The van der Waals surface area contributed by atoms with Crippen LogP contribution in [0.4, 0.5) is 5.82 Å². The standard InChI is InChI=1S/C28H24N6O4S/c1-36-25-13-18-21(14-26(25)37-2)31-28(39)34(27(18)29)9-3-4-24(35)23-12-17-10-15(5-7-19(17)30-23)16-6-8-20-22(11-16)33-38-32-20/h5-8,10-14,30H,3-4,9,29H2,1-2H3. The number of benzene rings is 3. The molecule has 0 aliphatic heterocycles. The smallest absolute Gasteiger partial charge is 0.201 e. The molecule has 0 saturated carbocycles. The van der Waals surface area contributed by atoms with Crippen molar-refractivity contribution in [3.8, 4) is 22.6 Å². The third kappa shape index (κ3) is 4.46. The van der Waals surface area contributed by atoms with Crippen LogP contribution in [0.3, 0.4) is 0 Å². The summed E-state index contributed by atoms with van der Waals surface area (Å²) in [4.78, 5) is 20.8. The van der Waals surface area contributed by atoms with Crippen LogP contribution < -0.4 is 15.2 Å². The third-order valence-electron chi connectivity index (χ3n) is 6.81. The van der Waals surface area contributed by atoms with Crippen LogP contribution in [0.25, 0.3) is 44.0 Å². The van der Waals surface area contributed by atoms with E-state index in [1.54, 1.807) is 30.9 Å². The van der Waals surface area contributed by atoms with Crippen LogP contribution >= 0.6 is 12.2 Å². The van der Waals surface area contributed by atoms with E-state index in [2.05, 4.69) is 20.3 Å². The average Bonchev–Trinajstić information content (AvgIpc) is 3.60. The van der Waals surface area contributed by atoms with Gasteiger partial charge in [-0.05, 0) is 76.5 Å². The van der Waals surface area contributed by atoms with E-state index in [9.17, 15) is 4.79 Å². The van der Waals surface area contributed by atoms with E-state index in [1.165, 1.54) is 0 Å². The quantitative estimate of drug-likeness (QED) is 0.184. The zero-order valence-electron chi connectivity index (χ0n) is 21.2. The molecular formula is C28H24N6O4S. The number of nitrogens with zero attached hydrogens (tertiary/aromatic N) is 4. The maximum absolute atomic E-state index is 13.0. The topological polar surface area (TPSA) is 134 Å². The highest BCUT2D eigenvalue weighted by molar-refractivity contribution is 7.71. The Morgan fingerprint density at radius 1 is 0.974 bits per heavy atom. The molecule has 0 amide bonds. The van der Waals surface area contributed by atoms with Gasteiger partial charge >= 0.3 is 0 Å². The molecule has 0 aliphatic rings. The second-order valence-electron chi connectivity index (χ2n) is 9.14. The Hall–Kier alpha value is -4.77. The molecule has 6 aromatic rings. The maximum Gasteiger partial charge on any atom is 0.201 e. The highest BCUT2D eigenvalue weighted by Crippen LogP contribution is 2.34. The normalized spacial score (nSPS) is 11.4. The lowest BCUT2D eigenvalue weighted by molar-refractivity contribution is 0.0974. The fourth-order valence-corrected chi connectivity index (χ4v) is 5.04. The number of rotatable bonds is 8. The molecule has 11 heteroatoms. The van der Waals surface area contributed by atoms with Gasteiger partial charge in [-0.1, -0.05) is 12.1 Å². The first-order chi connectivity index (χ1) is 18.9. The van der Waals surface area contributed by atoms with E-state index in [1.807, 2.05) is 42.5 Å². The zero-order valence-corrected chi connectivity index (χ0v) is 22.0. The largest absolute Gasteiger partial charge is 0.493 e. The van der Waals surface area contributed by atoms with Gasteiger partial charge in [0.15, 0.2) is 17.3 Å². The molecule has 10 nitrogen and oxygen atoms in total. The number of nitrogen functional groups attached to an aromatic ring is 1. The van der Waals surface area contributed by atoms with Gasteiger partial charge in [0.2, 0.25) is 4.77 Å². The van der Waals surface area contributed by atoms with E-state index in [-0.39, 0.29) is 5.78 Å². The Kier molecular flexibility index (Phi) is 6.20. The Balaban J connectivity index is 1.19. The lowest BCUT2D eigenvalue weighted by atomic mass is 10.0. The number of anilines is 1. The van der Waals surface area contributed by atoms with E-state index in [0.717, 1.165) is 22.0 Å². The van der Waals surface area contributed by atoms with Crippen molar-refractivity contribution in [2.24, 2.45) is 0 Å².